The normalized spacial score (nSPS) is 10.9. The van der Waals surface area contributed by atoms with E-state index in [2.05, 4.69) is 11.1 Å². The number of benzene rings is 2. The van der Waals surface area contributed by atoms with Gasteiger partial charge in [-0.05, 0) is 36.6 Å². The third kappa shape index (κ3) is 5.15. The second-order valence-corrected chi connectivity index (χ2v) is 6.55. The molecule has 0 saturated carbocycles. The second-order valence-electron chi connectivity index (χ2n) is 6.55. The van der Waals surface area contributed by atoms with Crippen LogP contribution in [0.3, 0.4) is 0 Å². The third-order valence-electron chi connectivity index (χ3n) is 4.49. The van der Waals surface area contributed by atoms with Crippen molar-refractivity contribution in [3.8, 4) is 0 Å². The van der Waals surface area contributed by atoms with Crippen LogP contribution in [0.25, 0.3) is 10.9 Å². The molecule has 0 unspecified atom stereocenters. The summed E-state index contributed by atoms with van der Waals surface area (Å²) in [6, 6.07) is 17.8. The SMILES string of the molecule is COC(=O)c1c(C)cccc1COCCCOCc1ccc2ccccc2n1. The lowest BCUT2D eigenvalue weighted by atomic mass is 10.0. The summed E-state index contributed by atoms with van der Waals surface area (Å²) in [6.45, 7) is 3.89. The fourth-order valence-corrected chi connectivity index (χ4v) is 3.05. The van der Waals surface area contributed by atoms with Crippen LogP contribution in [0.5, 0.6) is 0 Å². The molecule has 3 aromatic rings. The number of rotatable bonds is 9. The van der Waals surface area contributed by atoms with Gasteiger partial charge in [0.05, 0.1) is 37.1 Å². The summed E-state index contributed by atoms with van der Waals surface area (Å²) in [6.07, 6.45) is 0.771. The van der Waals surface area contributed by atoms with Gasteiger partial charge in [-0.1, -0.05) is 42.5 Å². The Hall–Kier alpha value is -2.76. The summed E-state index contributed by atoms with van der Waals surface area (Å²) in [5.41, 5.74) is 4.21. The van der Waals surface area contributed by atoms with Crippen molar-refractivity contribution in [2.45, 2.75) is 26.6 Å². The molecule has 3 rings (SSSR count). The van der Waals surface area contributed by atoms with Crippen molar-refractivity contribution in [2.75, 3.05) is 20.3 Å². The molecule has 0 bridgehead atoms. The Morgan fingerprint density at radius 2 is 1.71 bits per heavy atom. The molecule has 1 heterocycles. The first-order valence-electron chi connectivity index (χ1n) is 9.36. The number of methoxy groups -OCH3 is 1. The molecule has 5 nitrogen and oxygen atoms in total. The Labute approximate surface area is 165 Å². The Morgan fingerprint density at radius 1 is 0.929 bits per heavy atom. The quantitative estimate of drug-likeness (QED) is 0.406. The van der Waals surface area contributed by atoms with Gasteiger partial charge >= 0.3 is 5.97 Å². The smallest absolute Gasteiger partial charge is 0.338 e. The molecule has 0 N–H and O–H groups in total. The Balaban J connectivity index is 1.39. The molecule has 1 aromatic heterocycles. The van der Waals surface area contributed by atoms with Crippen LogP contribution in [0.15, 0.2) is 54.6 Å². The molecule has 0 fully saturated rings. The van der Waals surface area contributed by atoms with Crippen LogP contribution >= 0.6 is 0 Å². The number of hydrogen-bond donors (Lipinski definition) is 0. The molecule has 2 aromatic carbocycles. The first-order chi connectivity index (χ1) is 13.7. The highest BCUT2D eigenvalue weighted by Crippen LogP contribution is 2.17. The molecule has 0 aliphatic rings. The molecule has 0 aliphatic heterocycles. The van der Waals surface area contributed by atoms with E-state index < -0.39 is 0 Å². The van der Waals surface area contributed by atoms with Gasteiger partial charge in [-0.2, -0.15) is 0 Å². The van der Waals surface area contributed by atoms with Gasteiger partial charge in [-0.25, -0.2) is 4.79 Å². The molecule has 28 heavy (non-hydrogen) atoms. The number of carbonyl (C=O) groups excluding carboxylic acids is 1. The van der Waals surface area contributed by atoms with E-state index in [1.165, 1.54) is 7.11 Å². The predicted octanol–water partition coefficient (Wildman–Crippen LogP) is 4.45. The van der Waals surface area contributed by atoms with Gasteiger partial charge < -0.3 is 14.2 Å². The third-order valence-corrected chi connectivity index (χ3v) is 4.49. The fourth-order valence-electron chi connectivity index (χ4n) is 3.05. The number of nitrogens with zero attached hydrogens (tertiary/aromatic N) is 1. The summed E-state index contributed by atoms with van der Waals surface area (Å²) in [4.78, 5) is 16.5. The first kappa shape index (κ1) is 20.0. The molecular formula is C23H25NO4. The average Bonchev–Trinajstić information content (AvgIpc) is 2.72. The molecule has 0 amide bonds. The number of pyridine rings is 1. The maximum absolute atomic E-state index is 11.9. The zero-order valence-electron chi connectivity index (χ0n) is 16.3. The van der Waals surface area contributed by atoms with E-state index in [4.69, 9.17) is 14.2 Å². The highest BCUT2D eigenvalue weighted by Gasteiger charge is 2.14. The largest absolute Gasteiger partial charge is 0.465 e. The van der Waals surface area contributed by atoms with Crippen molar-refractivity contribution < 1.29 is 19.0 Å². The van der Waals surface area contributed by atoms with Crippen LogP contribution in [0.1, 0.15) is 33.6 Å². The average molecular weight is 379 g/mol. The Morgan fingerprint density at radius 3 is 2.54 bits per heavy atom. The van der Waals surface area contributed by atoms with Crippen LogP contribution in [-0.4, -0.2) is 31.3 Å². The molecule has 0 atom stereocenters. The number of esters is 1. The number of aryl methyl sites for hydroxylation is 1. The number of ether oxygens (including phenoxy) is 3. The minimum absolute atomic E-state index is 0.331. The van der Waals surface area contributed by atoms with Crippen LogP contribution < -0.4 is 0 Å². The van der Waals surface area contributed by atoms with E-state index in [-0.39, 0.29) is 5.97 Å². The first-order valence-corrected chi connectivity index (χ1v) is 9.36. The Kier molecular flexibility index (Phi) is 7.12. The minimum Gasteiger partial charge on any atom is -0.465 e. The highest BCUT2D eigenvalue weighted by atomic mass is 16.5. The molecular weight excluding hydrogens is 354 g/mol. The zero-order valence-corrected chi connectivity index (χ0v) is 16.3. The van der Waals surface area contributed by atoms with Crippen molar-refractivity contribution in [1.82, 2.24) is 4.98 Å². The van der Waals surface area contributed by atoms with Crippen molar-refractivity contribution >= 4 is 16.9 Å². The van der Waals surface area contributed by atoms with E-state index in [0.29, 0.717) is 32.0 Å². The molecule has 0 aliphatic carbocycles. The predicted molar refractivity (Wildman–Crippen MR) is 108 cm³/mol. The van der Waals surface area contributed by atoms with Gasteiger partial charge in [-0.3, -0.25) is 4.98 Å². The molecule has 0 saturated heterocycles. The van der Waals surface area contributed by atoms with Crippen molar-refractivity contribution in [3.63, 3.8) is 0 Å². The van der Waals surface area contributed by atoms with Gasteiger partial charge in [0.1, 0.15) is 0 Å². The van der Waals surface area contributed by atoms with E-state index >= 15 is 0 Å². The highest BCUT2D eigenvalue weighted by molar-refractivity contribution is 5.92. The number of carbonyl (C=O) groups is 1. The van der Waals surface area contributed by atoms with E-state index in [0.717, 1.165) is 34.1 Å². The van der Waals surface area contributed by atoms with E-state index in [9.17, 15) is 4.79 Å². The second kappa shape index (κ2) is 9.97. The van der Waals surface area contributed by atoms with Crippen molar-refractivity contribution in [2.24, 2.45) is 0 Å². The van der Waals surface area contributed by atoms with Crippen LogP contribution in [-0.2, 0) is 27.4 Å². The maximum Gasteiger partial charge on any atom is 0.338 e. The van der Waals surface area contributed by atoms with Crippen molar-refractivity contribution in [3.05, 3.63) is 77.0 Å². The van der Waals surface area contributed by atoms with Gasteiger partial charge in [0.2, 0.25) is 0 Å². The zero-order chi connectivity index (χ0) is 19.8. The summed E-state index contributed by atoms with van der Waals surface area (Å²) < 4.78 is 16.3. The number of fused-ring (bicyclic) bond motifs is 1. The van der Waals surface area contributed by atoms with E-state index in [1.807, 2.05) is 55.5 Å². The summed E-state index contributed by atoms with van der Waals surface area (Å²) in [7, 11) is 1.39. The van der Waals surface area contributed by atoms with Crippen LogP contribution in [0.4, 0.5) is 0 Å². The van der Waals surface area contributed by atoms with Gasteiger partial charge in [0, 0.05) is 18.6 Å². The standard InChI is InChI=1S/C23H25NO4/c1-17-7-5-9-19(22(17)23(25)26-2)15-27-13-6-14-28-16-20-12-11-18-8-3-4-10-21(18)24-20/h3-5,7-12H,6,13-16H2,1-2H3. The van der Waals surface area contributed by atoms with Gasteiger partial charge in [-0.15, -0.1) is 0 Å². The minimum atomic E-state index is -0.331. The topological polar surface area (TPSA) is 57.7 Å². The lowest BCUT2D eigenvalue weighted by Crippen LogP contribution is -2.10. The van der Waals surface area contributed by atoms with Gasteiger partial charge in [0.15, 0.2) is 0 Å². The molecule has 146 valence electrons. The summed E-state index contributed by atoms with van der Waals surface area (Å²) >= 11 is 0. The van der Waals surface area contributed by atoms with Gasteiger partial charge in [0.25, 0.3) is 0 Å². The van der Waals surface area contributed by atoms with E-state index in [1.54, 1.807) is 0 Å². The van der Waals surface area contributed by atoms with Crippen molar-refractivity contribution in [1.29, 1.82) is 0 Å². The monoisotopic (exact) mass is 379 g/mol. The molecule has 0 radical (unpaired) electrons. The fraction of sp³-hybridized carbons (Fsp3) is 0.304. The molecule has 5 heteroatoms. The summed E-state index contributed by atoms with van der Waals surface area (Å²) in [5, 5.41) is 1.13. The lowest BCUT2D eigenvalue weighted by Gasteiger charge is -2.11. The number of hydrogen-bond acceptors (Lipinski definition) is 5. The lowest BCUT2D eigenvalue weighted by molar-refractivity contribution is 0.0575. The summed E-state index contributed by atoms with van der Waals surface area (Å²) in [5.74, 6) is -0.331. The molecule has 0 spiro atoms. The van der Waals surface area contributed by atoms with Crippen LogP contribution in [0.2, 0.25) is 0 Å². The Bertz CT molecular complexity index is 939. The number of para-hydroxylation sites is 1. The number of aromatic nitrogens is 1. The maximum atomic E-state index is 11.9. The van der Waals surface area contributed by atoms with Crippen LogP contribution in [0, 0.1) is 6.92 Å².